The molecule has 0 saturated carbocycles. The fourth-order valence-electron chi connectivity index (χ4n) is 1.41. The lowest BCUT2D eigenvalue weighted by molar-refractivity contribution is -0.136. The summed E-state index contributed by atoms with van der Waals surface area (Å²) in [6.07, 6.45) is 6.76. The molecule has 0 aliphatic carbocycles. The molecule has 0 aromatic rings. The predicted molar refractivity (Wildman–Crippen MR) is 59.7 cm³/mol. The summed E-state index contributed by atoms with van der Waals surface area (Å²) in [4.78, 5) is 14.4. The molecule has 0 aromatic carbocycles. The normalized spacial score (nSPS) is 20.5. The van der Waals surface area contributed by atoms with Gasteiger partial charge in [0.2, 0.25) is 0 Å². The van der Waals surface area contributed by atoms with Crippen molar-refractivity contribution >= 4 is 12.2 Å². The molecule has 1 atom stereocenters. The van der Waals surface area contributed by atoms with Crippen LogP contribution in [-0.2, 0) is 4.79 Å². The smallest absolute Gasteiger partial charge is 0.307 e. The first-order chi connectivity index (χ1) is 7.11. The van der Waals surface area contributed by atoms with Gasteiger partial charge in [0.05, 0.1) is 12.1 Å². The average molecular weight is 206 g/mol. The van der Waals surface area contributed by atoms with Crippen molar-refractivity contribution in [1.29, 1.82) is 0 Å². The lowest BCUT2D eigenvalue weighted by Crippen LogP contribution is -2.27. The molecule has 0 bridgehead atoms. The molecular weight excluding hydrogens is 192 g/mol. The second kappa shape index (κ2) is 5.14. The number of hydrogen-bond acceptors (Lipinski definition) is 3. The molecule has 2 N–H and O–H groups in total. The minimum absolute atomic E-state index is 0.0391. The van der Waals surface area contributed by atoms with Crippen molar-refractivity contribution in [2.24, 2.45) is 4.99 Å². The van der Waals surface area contributed by atoms with E-state index in [-0.39, 0.29) is 12.5 Å². The Labute approximate surface area is 88.7 Å². The minimum atomic E-state index is -0.827. The fraction of sp³-hybridized carbons (Fsp3) is 0.273. The van der Waals surface area contributed by atoms with E-state index >= 15 is 0 Å². The summed E-state index contributed by atoms with van der Waals surface area (Å²) in [5, 5.41) is 11.8. The molecule has 0 radical (unpaired) electrons. The number of nitrogens with one attached hydrogen (secondary N) is 1. The van der Waals surface area contributed by atoms with Crippen LogP contribution in [0.25, 0.3) is 0 Å². The van der Waals surface area contributed by atoms with E-state index in [1.54, 1.807) is 12.3 Å². The molecule has 4 nitrogen and oxygen atoms in total. The quantitative estimate of drug-likeness (QED) is 0.685. The summed E-state index contributed by atoms with van der Waals surface area (Å²) in [5.74, 6) is -0.827. The summed E-state index contributed by atoms with van der Waals surface area (Å²) < 4.78 is 0. The molecule has 80 valence electrons. The van der Waals surface area contributed by atoms with Crippen molar-refractivity contribution in [3.63, 3.8) is 0 Å². The number of dihydropyridines is 1. The van der Waals surface area contributed by atoms with Gasteiger partial charge in [0.15, 0.2) is 0 Å². The second-order valence-electron chi connectivity index (χ2n) is 3.31. The van der Waals surface area contributed by atoms with Crippen LogP contribution in [0.1, 0.15) is 13.3 Å². The fourth-order valence-corrected chi connectivity index (χ4v) is 1.41. The van der Waals surface area contributed by atoms with E-state index in [4.69, 9.17) is 5.11 Å². The van der Waals surface area contributed by atoms with Crippen molar-refractivity contribution in [3.05, 3.63) is 36.2 Å². The third kappa shape index (κ3) is 3.81. The molecule has 0 amide bonds. The summed E-state index contributed by atoms with van der Waals surface area (Å²) in [5.41, 5.74) is 1.60. The van der Waals surface area contributed by atoms with Gasteiger partial charge in [-0.15, -0.1) is 0 Å². The average Bonchev–Trinajstić information content (AvgIpc) is 2.12. The second-order valence-corrected chi connectivity index (χ2v) is 3.31. The summed E-state index contributed by atoms with van der Waals surface area (Å²) in [7, 11) is 0. The number of aliphatic carboxylic acids is 1. The monoisotopic (exact) mass is 206 g/mol. The highest BCUT2D eigenvalue weighted by atomic mass is 16.4. The third-order valence-electron chi connectivity index (χ3n) is 1.87. The number of allylic oxidation sites excluding steroid dienone is 2. The molecule has 1 unspecified atom stereocenters. The zero-order valence-corrected chi connectivity index (χ0v) is 8.60. The van der Waals surface area contributed by atoms with E-state index in [1.165, 1.54) is 6.20 Å². The van der Waals surface area contributed by atoms with Crippen LogP contribution in [0.4, 0.5) is 0 Å². The molecule has 0 aromatic heterocycles. The van der Waals surface area contributed by atoms with E-state index in [2.05, 4.69) is 16.9 Å². The van der Waals surface area contributed by atoms with Gasteiger partial charge in [0.25, 0.3) is 0 Å². The molecule has 4 heteroatoms. The number of carboxylic acid groups (broad SMARTS) is 1. The van der Waals surface area contributed by atoms with Crippen molar-refractivity contribution in [2.75, 3.05) is 0 Å². The van der Waals surface area contributed by atoms with E-state index < -0.39 is 5.97 Å². The number of hydrogen-bond donors (Lipinski definition) is 2. The Balaban J connectivity index is 2.78. The number of rotatable bonds is 4. The van der Waals surface area contributed by atoms with Crippen molar-refractivity contribution < 1.29 is 9.90 Å². The van der Waals surface area contributed by atoms with E-state index in [0.29, 0.717) is 0 Å². The zero-order chi connectivity index (χ0) is 11.3. The lowest BCUT2D eigenvalue weighted by Gasteiger charge is -2.18. The topological polar surface area (TPSA) is 61.7 Å². The zero-order valence-electron chi connectivity index (χ0n) is 8.60. The third-order valence-corrected chi connectivity index (χ3v) is 1.87. The summed E-state index contributed by atoms with van der Waals surface area (Å²) in [6, 6.07) is 0.121. The minimum Gasteiger partial charge on any atom is -0.481 e. The maximum atomic E-state index is 10.6. The number of carboxylic acids is 1. The summed E-state index contributed by atoms with van der Waals surface area (Å²) in [6.45, 7) is 5.42. The van der Waals surface area contributed by atoms with Gasteiger partial charge in [0, 0.05) is 18.5 Å². The van der Waals surface area contributed by atoms with E-state index in [0.717, 1.165) is 11.3 Å². The highest BCUT2D eigenvalue weighted by Gasteiger charge is 2.10. The maximum Gasteiger partial charge on any atom is 0.307 e. The molecule has 1 rings (SSSR count). The first-order valence-electron chi connectivity index (χ1n) is 4.66. The van der Waals surface area contributed by atoms with Crippen LogP contribution in [0.15, 0.2) is 41.2 Å². The van der Waals surface area contributed by atoms with Crippen LogP contribution in [0.3, 0.4) is 0 Å². The van der Waals surface area contributed by atoms with Gasteiger partial charge in [-0.25, -0.2) is 0 Å². The van der Waals surface area contributed by atoms with Crippen LogP contribution in [0.2, 0.25) is 0 Å². The Bertz CT molecular complexity index is 354. The van der Waals surface area contributed by atoms with E-state index in [1.807, 2.05) is 13.0 Å². The van der Waals surface area contributed by atoms with Gasteiger partial charge < -0.3 is 10.4 Å². The Morgan fingerprint density at radius 1 is 1.80 bits per heavy atom. The van der Waals surface area contributed by atoms with Gasteiger partial charge in [-0.3, -0.25) is 9.79 Å². The van der Waals surface area contributed by atoms with Crippen LogP contribution in [-0.4, -0.2) is 23.3 Å². The first kappa shape index (κ1) is 11.2. The Hall–Kier alpha value is -1.84. The molecule has 1 heterocycles. The Kier molecular flexibility index (Phi) is 3.85. The molecular formula is C11H14N2O2. The molecule has 1 aliphatic heterocycles. The standard InChI is InChI=1S/C11H14N2O2/c1-3-12-7-10-5-9(6-11(14)15)4-8(2)13-10/h3-5,7-8,13H,1,6H2,2H3,(H,14,15)/b12-7-. The van der Waals surface area contributed by atoms with Gasteiger partial charge in [-0.2, -0.15) is 0 Å². The maximum absolute atomic E-state index is 10.6. The van der Waals surface area contributed by atoms with Gasteiger partial charge >= 0.3 is 5.97 Å². The van der Waals surface area contributed by atoms with Crippen LogP contribution >= 0.6 is 0 Å². The van der Waals surface area contributed by atoms with Crippen LogP contribution in [0.5, 0.6) is 0 Å². The van der Waals surface area contributed by atoms with Crippen molar-refractivity contribution in [3.8, 4) is 0 Å². The van der Waals surface area contributed by atoms with Crippen LogP contribution < -0.4 is 5.32 Å². The first-order valence-corrected chi connectivity index (χ1v) is 4.66. The van der Waals surface area contributed by atoms with Gasteiger partial charge in [-0.05, 0) is 18.6 Å². The predicted octanol–water partition coefficient (Wildman–Crippen LogP) is 1.48. The molecule has 0 fully saturated rings. The lowest BCUT2D eigenvalue weighted by atomic mass is 10.0. The summed E-state index contributed by atoms with van der Waals surface area (Å²) >= 11 is 0. The highest BCUT2D eigenvalue weighted by Crippen LogP contribution is 2.12. The molecule has 0 spiro atoms. The van der Waals surface area contributed by atoms with Crippen LogP contribution in [0, 0.1) is 0 Å². The number of nitrogens with zero attached hydrogens (tertiary/aromatic N) is 1. The number of aliphatic imine (C=N–C) groups is 1. The Morgan fingerprint density at radius 2 is 2.53 bits per heavy atom. The molecule has 1 aliphatic rings. The van der Waals surface area contributed by atoms with Crippen molar-refractivity contribution in [1.82, 2.24) is 5.32 Å². The van der Waals surface area contributed by atoms with Crippen molar-refractivity contribution in [2.45, 2.75) is 19.4 Å². The number of carbonyl (C=O) groups is 1. The highest BCUT2D eigenvalue weighted by molar-refractivity contribution is 5.81. The molecule has 0 saturated heterocycles. The SMILES string of the molecule is C=C/N=C\C1=CC(CC(=O)O)=CC(C)N1. The van der Waals surface area contributed by atoms with Gasteiger partial charge in [-0.1, -0.05) is 12.7 Å². The van der Waals surface area contributed by atoms with E-state index in [9.17, 15) is 4.79 Å². The van der Waals surface area contributed by atoms with Gasteiger partial charge in [0.1, 0.15) is 0 Å². The largest absolute Gasteiger partial charge is 0.481 e. The molecule has 15 heavy (non-hydrogen) atoms. The Morgan fingerprint density at radius 3 is 3.13 bits per heavy atom.